The van der Waals surface area contributed by atoms with E-state index >= 15 is 0 Å². The van der Waals surface area contributed by atoms with Gasteiger partial charge < -0.3 is 5.32 Å². The van der Waals surface area contributed by atoms with Crippen LogP contribution in [0.3, 0.4) is 0 Å². The van der Waals surface area contributed by atoms with Crippen LogP contribution < -0.4 is 5.32 Å². The summed E-state index contributed by atoms with van der Waals surface area (Å²) in [6.45, 7) is 5.57. The van der Waals surface area contributed by atoms with Gasteiger partial charge in [-0.25, -0.2) is 0 Å². The third kappa shape index (κ3) is 4.22. The molecule has 0 aliphatic rings. The van der Waals surface area contributed by atoms with Gasteiger partial charge in [0, 0.05) is 6.04 Å². The van der Waals surface area contributed by atoms with Gasteiger partial charge in [-0.15, -0.1) is 0 Å². The van der Waals surface area contributed by atoms with Gasteiger partial charge >= 0.3 is 0 Å². The SMILES string of the molecule is CC(CCN[C@H](C)c1ccccc1)c1ccccc1. The summed E-state index contributed by atoms with van der Waals surface area (Å²) in [5.41, 5.74) is 2.78. The molecule has 2 aromatic carbocycles. The van der Waals surface area contributed by atoms with Crippen molar-refractivity contribution in [3.63, 3.8) is 0 Å². The Balaban J connectivity index is 1.78. The van der Waals surface area contributed by atoms with Gasteiger partial charge in [0.25, 0.3) is 0 Å². The van der Waals surface area contributed by atoms with Crippen LogP contribution in [0.25, 0.3) is 0 Å². The zero-order chi connectivity index (χ0) is 13.5. The van der Waals surface area contributed by atoms with E-state index in [1.54, 1.807) is 0 Å². The van der Waals surface area contributed by atoms with E-state index in [-0.39, 0.29) is 0 Å². The van der Waals surface area contributed by atoms with E-state index in [2.05, 4.69) is 79.8 Å². The maximum atomic E-state index is 3.60. The second-order valence-electron chi connectivity index (χ2n) is 5.19. The largest absolute Gasteiger partial charge is 0.310 e. The topological polar surface area (TPSA) is 12.0 Å². The molecule has 0 saturated heterocycles. The Hall–Kier alpha value is -1.60. The zero-order valence-corrected chi connectivity index (χ0v) is 11.8. The summed E-state index contributed by atoms with van der Waals surface area (Å²) in [6, 6.07) is 21.8. The van der Waals surface area contributed by atoms with Crippen LogP contribution in [-0.2, 0) is 0 Å². The molecule has 2 rings (SSSR count). The monoisotopic (exact) mass is 253 g/mol. The molecule has 2 aromatic rings. The van der Waals surface area contributed by atoms with Crippen LogP contribution in [0.1, 0.15) is 43.4 Å². The lowest BCUT2D eigenvalue weighted by Crippen LogP contribution is -2.21. The highest BCUT2D eigenvalue weighted by Crippen LogP contribution is 2.18. The van der Waals surface area contributed by atoms with E-state index in [1.807, 2.05) is 0 Å². The third-order valence-electron chi connectivity index (χ3n) is 3.70. The Morgan fingerprint density at radius 1 is 0.789 bits per heavy atom. The summed E-state index contributed by atoms with van der Waals surface area (Å²) in [5, 5.41) is 3.60. The molecule has 0 fully saturated rings. The van der Waals surface area contributed by atoms with Crippen molar-refractivity contribution in [2.45, 2.75) is 32.2 Å². The molecule has 0 bridgehead atoms. The summed E-state index contributed by atoms with van der Waals surface area (Å²) in [5.74, 6) is 0.608. The highest BCUT2D eigenvalue weighted by atomic mass is 14.9. The molecule has 0 aliphatic heterocycles. The van der Waals surface area contributed by atoms with E-state index in [0.29, 0.717) is 12.0 Å². The first kappa shape index (κ1) is 13.8. The summed E-state index contributed by atoms with van der Waals surface area (Å²) in [7, 11) is 0. The molecular formula is C18H23N. The molecule has 0 aliphatic carbocycles. The molecule has 0 aromatic heterocycles. The first-order chi connectivity index (χ1) is 9.27. The molecule has 1 N–H and O–H groups in total. The predicted molar refractivity (Wildman–Crippen MR) is 82.3 cm³/mol. The molecule has 0 radical (unpaired) electrons. The van der Waals surface area contributed by atoms with E-state index in [9.17, 15) is 0 Å². The number of benzene rings is 2. The lowest BCUT2D eigenvalue weighted by Gasteiger charge is -2.17. The van der Waals surface area contributed by atoms with Crippen molar-refractivity contribution in [1.29, 1.82) is 0 Å². The summed E-state index contributed by atoms with van der Waals surface area (Å²) >= 11 is 0. The third-order valence-corrected chi connectivity index (χ3v) is 3.70. The molecular weight excluding hydrogens is 230 g/mol. The van der Waals surface area contributed by atoms with Crippen molar-refractivity contribution in [3.8, 4) is 0 Å². The second-order valence-corrected chi connectivity index (χ2v) is 5.19. The van der Waals surface area contributed by atoms with Crippen LogP contribution in [0.4, 0.5) is 0 Å². The predicted octanol–water partition coefficient (Wildman–Crippen LogP) is 4.53. The Morgan fingerprint density at radius 3 is 1.89 bits per heavy atom. The van der Waals surface area contributed by atoms with Gasteiger partial charge in [0.1, 0.15) is 0 Å². The van der Waals surface area contributed by atoms with Crippen LogP contribution in [0.2, 0.25) is 0 Å². The van der Waals surface area contributed by atoms with Gasteiger partial charge in [0.05, 0.1) is 0 Å². The summed E-state index contributed by atoms with van der Waals surface area (Å²) in [6.07, 6.45) is 1.17. The van der Waals surface area contributed by atoms with Gasteiger partial charge in [-0.05, 0) is 36.9 Å². The fourth-order valence-electron chi connectivity index (χ4n) is 2.32. The van der Waals surface area contributed by atoms with Crippen LogP contribution in [0.5, 0.6) is 0 Å². The molecule has 0 heterocycles. The average Bonchev–Trinajstić information content (AvgIpc) is 2.49. The summed E-state index contributed by atoms with van der Waals surface area (Å²) in [4.78, 5) is 0. The number of hydrogen-bond acceptors (Lipinski definition) is 1. The first-order valence-corrected chi connectivity index (χ1v) is 7.10. The van der Waals surface area contributed by atoms with Crippen molar-refractivity contribution in [2.24, 2.45) is 0 Å². The van der Waals surface area contributed by atoms with Gasteiger partial charge in [0.15, 0.2) is 0 Å². The average molecular weight is 253 g/mol. The zero-order valence-electron chi connectivity index (χ0n) is 11.8. The van der Waals surface area contributed by atoms with Crippen LogP contribution in [-0.4, -0.2) is 6.54 Å². The van der Waals surface area contributed by atoms with Crippen molar-refractivity contribution >= 4 is 0 Å². The van der Waals surface area contributed by atoms with Crippen LogP contribution in [0.15, 0.2) is 60.7 Å². The molecule has 0 amide bonds. The standard InChI is InChI=1S/C18H23N/c1-15(17-9-5-3-6-10-17)13-14-19-16(2)18-11-7-4-8-12-18/h3-12,15-16,19H,13-14H2,1-2H3/t15?,16-/m1/s1. The Morgan fingerprint density at radius 2 is 1.32 bits per heavy atom. The smallest absolute Gasteiger partial charge is 0.0291 e. The van der Waals surface area contributed by atoms with Crippen LogP contribution in [0, 0.1) is 0 Å². The molecule has 1 unspecified atom stereocenters. The molecule has 19 heavy (non-hydrogen) atoms. The highest BCUT2D eigenvalue weighted by Gasteiger charge is 2.07. The maximum absolute atomic E-state index is 3.60. The van der Waals surface area contributed by atoms with Gasteiger partial charge in [-0.1, -0.05) is 67.6 Å². The van der Waals surface area contributed by atoms with E-state index in [4.69, 9.17) is 0 Å². The maximum Gasteiger partial charge on any atom is 0.0291 e. The van der Waals surface area contributed by atoms with Crippen molar-refractivity contribution in [3.05, 3.63) is 71.8 Å². The first-order valence-electron chi connectivity index (χ1n) is 7.10. The molecule has 0 spiro atoms. The van der Waals surface area contributed by atoms with Crippen molar-refractivity contribution in [2.75, 3.05) is 6.54 Å². The van der Waals surface area contributed by atoms with Gasteiger partial charge in [0.2, 0.25) is 0 Å². The molecule has 1 nitrogen and oxygen atoms in total. The molecule has 1 heteroatoms. The van der Waals surface area contributed by atoms with E-state index < -0.39 is 0 Å². The fraction of sp³-hybridized carbons (Fsp3) is 0.333. The summed E-state index contributed by atoms with van der Waals surface area (Å²) < 4.78 is 0. The molecule has 100 valence electrons. The minimum Gasteiger partial charge on any atom is -0.310 e. The van der Waals surface area contributed by atoms with Gasteiger partial charge in [-0.3, -0.25) is 0 Å². The molecule has 2 atom stereocenters. The normalized spacial score (nSPS) is 14.0. The van der Waals surface area contributed by atoms with Crippen molar-refractivity contribution in [1.82, 2.24) is 5.32 Å². The minimum absolute atomic E-state index is 0.421. The minimum atomic E-state index is 0.421. The quantitative estimate of drug-likeness (QED) is 0.797. The molecule has 0 saturated carbocycles. The van der Waals surface area contributed by atoms with Crippen LogP contribution >= 0.6 is 0 Å². The lowest BCUT2D eigenvalue weighted by atomic mass is 9.98. The number of hydrogen-bond donors (Lipinski definition) is 1. The number of rotatable bonds is 6. The van der Waals surface area contributed by atoms with E-state index in [0.717, 1.165) is 6.54 Å². The Labute approximate surface area is 116 Å². The number of nitrogens with one attached hydrogen (secondary N) is 1. The van der Waals surface area contributed by atoms with E-state index in [1.165, 1.54) is 17.5 Å². The Bertz CT molecular complexity index is 418. The van der Waals surface area contributed by atoms with Crippen molar-refractivity contribution < 1.29 is 0 Å². The fourth-order valence-corrected chi connectivity index (χ4v) is 2.32. The Kier molecular flexibility index (Phi) is 5.17. The highest BCUT2D eigenvalue weighted by molar-refractivity contribution is 5.19. The second kappa shape index (κ2) is 7.10. The van der Waals surface area contributed by atoms with Gasteiger partial charge in [-0.2, -0.15) is 0 Å². The lowest BCUT2D eigenvalue weighted by molar-refractivity contribution is 0.531.